The lowest BCUT2D eigenvalue weighted by molar-refractivity contribution is -0.136. The van der Waals surface area contributed by atoms with Crippen LogP contribution in [0.15, 0.2) is 73.4 Å². The Hall–Kier alpha value is -2.09. The van der Waals surface area contributed by atoms with E-state index >= 15 is 0 Å². The minimum absolute atomic E-state index is 0.0993. The van der Waals surface area contributed by atoms with Gasteiger partial charge in [0.05, 0.1) is 6.42 Å². The lowest BCUT2D eigenvalue weighted by Crippen LogP contribution is -1.89. The summed E-state index contributed by atoms with van der Waals surface area (Å²) >= 11 is 0. The van der Waals surface area contributed by atoms with Gasteiger partial charge in [0.15, 0.2) is 0 Å². The first-order valence-electron chi connectivity index (χ1n) is 6.86. The van der Waals surface area contributed by atoms with Crippen molar-refractivity contribution in [3.05, 3.63) is 73.4 Å². The molecule has 2 nitrogen and oxygen atoms in total. The number of carboxylic acid groups (broad SMARTS) is 1. The van der Waals surface area contributed by atoms with Gasteiger partial charge < -0.3 is 5.11 Å². The SMILES string of the molecule is C=CC=CCC=CCC=CCC=CCC=CCC(=O)O. The lowest BCUT2D eigenvalue weighted by atomic mass is 10.2. The zero-order chi connectivity index (χ0) is 14.9. The smallest absolute Gasteiger partial charge is 0.307 e. The molecule has 0 aliphatic heterocycles. The van der Waals surface area contributed by atoms with E-state index in [2.05, 4.69) is 43.0 Å². The van der Waals surface area contributed by atoms with Crippen LogP contribution in [-0.2, 0) is 4.79 Å². The van der Waals surface area contributed by atoms with E-state index in [1.807, 2.05) is 18.2 Å². The Bertz CT molecular complexity index is 396. The van der Waals surface area contributed by atoms with Crippen LogP contribution in [0.4, 0.5) is 0 Å². The maximum absolute atomic E-state index is 10.2. The Balaban J connectivity index is 3.51. The summed E-state index contributed by atoms with van der Waals surface area (Å²) in [5, 5.41) is 8.43. The van der Waals surface area contributed by atoms with Crippen molar-refractivity contribution in [1.82, 2.24) is 0 Å². The van der Waals surface area contributed by atoms with Gasteiger partial charge >= 0.3 is 5.97 Å². The highest BCUT2D eigenvalue weighted by atomic mass is 16.4. The van der Waals surface area contributed by atoms with Crippen molar-refractivity contribution in [2.24, 2.45) is 0 Å². The maximum Gasteiger partial charge on any atom is 0.307 e. The van der Waals surface area contributed by atoms with Crippen molar-refractivity contribution < 1.29 is 9.90 Å². The molecule has 108 valence electrons. The fourth-order valence-electron chi connectivity index (χ4n) is 1.35. The van der Waals surface area contributed by atoms with Crippen LogP contribution in [-0.4, -0.2) is 11.1 Å². The Morgan fingerprint density at radius 3 is 1.55 bits per heavy atom. The summed E-state index contributed by atoms with van der Waals surface area (Å²) in [6, 6.07) is 0. The standard InChI is InChI=1S/C18H24O2/c1-2-3-4-5-6-7-8-9-10-11-12-13-14-15-16-17-18(19)20/h2-4,6-7,9-10,12-13,15-16H,1,5,8,11,14,17H2,(H,19,20). The van der Waals surface area contributed by atoms with E-state index in [1.54, 1.807) is 12.2 Å². The Morgan fingerprint density at radius 1 is 0.750 bits per heavy atom. The van der Waals surface area contributed by atoms with E-state index in [0.717, 1.165) is 25.7 Å². The highest BCUT2D eigenvalue weighted by molar-refractivity contribution is 5.68. The van der Waals surface area contributed by atoms with Gasteiger partial charge in [-0.25, -0.2) is 0 Å². The second kappa shape index (κ2) is 15.0. The largest absolute Gasteiger partial charge is 0.481 e. The van der Waals surface area contributed by atoms with Crippen LogP contribution in [0.25, 0.3) is 0 Å². The van der Waals surface area contributed by atoms with Gasteiger partial charge in [-0.3, -0.25) is 4.79 Å². The fourth-order valence-corrected chi connectivity index (χ4v) is 1.35. The van der Waals surface area contributed by atoms with Crippen LogP contribution >= 0.6 is 0 Å². The van der Waals surface area contributed by atoms with Gasteiger partial charge in [-0.2, -0.15) is 0 Å². The van der Waals surface area contributed by atoms with Gasteiger partial charge in [0.25, 0.3) is 0 Å². The zero-order valence-corrected chi connectivity index (χ0v) is 11.9. The highest BCUT2D eigenvalue weighted by Crippen LogP contribution is 1.95. The normalized spacial score (nSPS) is 12.6. The second-order valence-electron chi connectivity index (χ2n) is 4.09. The molecule has 0 aromatic rings. The number of carboxylic acids is 1. The van der Waals surface area contributed by atoms with E-state index in [9.17, 15) is 4.79 Å². The number of allylic oxidation sites excluding steroid dienone is 10. The van der Waals surface area contributed by atoms with Crippen molar-refractivity contribution in [2.45, 2.75) is 32.1 Å². The van der Waals surface area contributed by atoms with E-state index in [1.165, 1.54) is 0 Å². The Labute approximate surface area is 122 Å². The number of hydrogen-bond donors (Lipinski definition) is 1. The summed E-state index contributed by atoms with van der Waals surface area (Å²) < 4.78 is 0. The van der Waals surface area contributed by atoms with Crippen molar-refractivity contribution in [1.29, 1.82) is 0 Å². The molecule has 0 spiro atoms. The lowest BCUT2D eigenvalue weighted by Gasteiger charge is -1.85. The van der Waals surface area contributed by atoms with Crippen molar-refractivity contribution >= 4 is 5.97 Å². The van der Waals surface area contributed by atoms with Crippen molar-refractivity contribution in [3.63, 3.8) is 0 Å². The molecule has 0 aliphatic carbocycles. The van der Waals surface area contributed by atoms with Gasteiger partial charge in [-0.1, -0.05) is 73.4 Å². The summed E-state index contributed by atoms with van der Waals surface area (Å²) in [5.41, 5.74) is 0. The molecule has 0 aliphatic rings. The molecule has 0 rings (SSSR count). The van der Waals surface area contributed by atoms with E-state index in [4.69, 9.17) is 5.11 Å². The first kappa shape index (κ1) is 17.9. The highest BCUT2D eigenvalue weighted by Gasteiger charge is 1.87. The summed E-state index contributed by atoms with van der Waals surface area (Å²) in [5.74, 6) is -0.791. The topological polar surface area (TPSA) is 37.3 Å². The Kier molecular flexibility index (Phi) is 13.4. The average Bonchev–Trinajstić information content (AvgIpc) is 2.43. The van der Waals surface area contributed by atoms with Crippen molar-refractivity contribution in [3.8, 4) is 0 Å². The molecule has 0 unspecified atom stereocenters. The van der Waals surface area contributed by atoms with Gasteiger partial charge in [0.1, 0.15) is 0 Å². The predicted octanol–water partition coefficient (Wildman–Crippen LogP) is 4.99. The molecule has 0 radical (unpaired) electrons. The van der Waals surface area contributed by atoms with Gasteiger partial charge in [0.2, 0.25) is 0 Å². The quantitative estimate of drug-likeness (QED) is 0.425. The number of hydrogen-bond acceptors (Lipinski definition) is 1. The van der Waals surface area contributed by atoms with Crippen LogP contribution in [0.1, 0.15) is 32.1 Å². The molecule has 0 bridgehead atoms. The molecule has 0 amide bonds. The molecule has 0 fully saturated rings. The van der Waals surface area contributed by atoms with Crippen LogP contribution < -0.4 is 0 Å². The minimum atomic E-state index is -0.791. The van der Waals surface area contributed by atoms with Crippen LogP contribution in [0.5, 0.6) is 0 Å². The molecule has 2 heteroatoms. The number of carbonyl (C=O) groups is 1. The molecule has 1 N–H and O–H groups in total. The predicted molar refractivity (Wildman–Crippen MR) is 86.6 cm³/mol. The third kappa shape index (κ3) is 15.9. The van der Waals surface area contributed by atoms with Crippen LogP contribution in [0, 0.1) is 0 Å². The van der Waals surface area contributed by atoms with Crippen LogP contribution in [0.2, 0.25) is 0 Å². The minimum Gasteiger partial charge on any atom is -0.481 e. The molecule has 0 saturated carbocycles. The monoisotopic (exact) mass is 272 g/mol. The molecule has 0 aromatic carbocycles. The molecular formula is C18H24O2. The first-order valence-corrected chi connectivity index (χ1v) is 6.86. The number of aliphatic carboxylic acids is 1. The number of rotatable bonds is 11. The van der Waals surface area contributed by atoms with E-state index in [-0.39, 0.29) is 6.42 Å². The van der Waals surface area contributed by atoms with Gasteiger partial charge in [-0.15, -0.1) is 0 Å². The second-order valence-corrected chi connectivity index (χ2v) is 4.09. The zero-order valence-electron chi connectivity index (χ0n) is 11.9. The third-order valence-corrected chi connectivity index (χ3v) is 2.32. The van der Waals surface area contributed by atoms with Crippen molar-refractivity contribution in [2.75, 3.05) is 0 Å². The summed E-state index contributed by atoms with van der Waals surface area (Å²) in [6.07, 6.45) is 25.7. The molecule has 20 heavy (non-hydrogen) atoms. The third-order valence-electron chi connectivity index (χ3n) is 2.32. The molecule has 0 heterocycles. The molecule has 0 saturated heterocycles. The molecule has 0 aromatic heterocycles. The van der Waals surface area contributed by atoms with Gasteiger partial charge in [0, 0.05) is 0 Å². The Morgan fingerprint density at radius 2 is 1.15 bits per heavy atom. The summed E-state index contributed by atoms with van der Waals surface area (Å²) in [4.78, 5) is 10.2. The van der Waals surface area contributed by atoms with E-state index < -0.39 is 5.97 Å². The van der Waals surface area contributed by atoms with Gasteiger partial charge in [-0.05, 0) is 25.7 Å². The maximum atomic E-state index is 10.2. The summed E-state index contributed by atoms with van der Waals surface area (Å²) in [6.45, 7) is 3.61. The molecule has 0 atom stereocenters. The average molecular weight is 272 g/mol. The summed E-state index contributed by atoms with van der Waals surface area (Å²) in [7, 11) is 0. The van der Waals surface area contributed by atoms with E-state index in [0.29, 0.717) is 0 Å². The first-order chi connectivity index (χ1) is 9.77. The van der Waals surface area contributed by atoms with Crippen LogP contribution in [0.3, 0.4) is 0 Å². The fraction of sp³-hybridized carbons (Fsp3) is 0.278. The molecular weight excluding hydrogens is 248 g/mol.